The summed E-state index contributed by atoms with van der Waals surface area (Å²) >= 11 is 0. The van der Waals surface area contributed by atoms with E-state index in [1.54, 1.807) is 0 Å². The van der Waals surface area contributed by atoms with Gasteiger partial charge in [-0.1, -0.05) is 159 Å². The number of aromatic nitrogens is 3. The van der Waals surface area contributed by atoms with Gasteiger partial charge < -0.3 is 0 Å². The first-order valence-corrected chi connectivity index (χ1v) is 18.2. The van der Waals surface area contributed by atoms with Gasteiger partial charge >= 0.3 is 0 Å². The van der Waals surface area contributed by atoms with Gasteiger partial charge in [0.15, 0.2) is 17.5 Å². The number of benzene rings is 8. The van der Waals surface area contributed by atoms with E-state index in [-0.39, 0.29) is 5.41 Å². The number of hydrogen-bond donors (Lipinski definition) is 0. The molecule has 9 aromatic rings. The molecule has 10 rings (SSSR count). The molecule has 0 saturated carbocycles. The van der Waals surface area contributed by atoms with Crippen molar-refractivity contribution < 1.29 is 0 Å². The highest BCUT2D eigenvalue weighted by molar-refractivity contribution is 6.10. The summed E-state index contributed by atoms with van der Waals surface area (Å²) in [5, 5.41) is 4.89. The molecule has 0 unspecified atom stereocenters. The SMILES string of the molecule is CC1(C)c2ccccc2-c2cc3c(ccc4cc(-c5nc(-c6cccc(-c7ccccc7)c6)nc(-c6cccc(-c7ccccc7)c6)n5)ccc43)cc21. The van der Waals surface area contributed by atoms with Crippen LogP contribution in [0.3, 0.4) is 0 Å². The summed E-state index contributed by atoms with van der Waals surface area (Å²) in [7, 11) is 0. The van der Waals surface area contributed by atoms with Crippen LogP contribution in [0.4, 0.5) is 0 Å². The summed E-state index contributed by atoms with van der Waals surface area (Å²) < 4.78 is 0. The van der Waals surface area contributed by atoms with Crippen LogP contribution in [0.25, 0.3) is 89.1 Å². The van der Waals surface area contributed by atoms with Crippen LogP contribution >= 0.6 is 0 Å². The standard InChI is InChI=1S/C50H35N3/c1-50(2)45-22-10-9-21-42(45)44-31-43-37(30-46(44)50)24-23-36-29-40(25-26-41(36)43)49-52-47(38-19-11-17-34(27-38)32-13-5-3-6-14-32)51-48(53-49)39-20-12-18-35(28-39)33-15-7-4-8-16-33/h3-31H,1-2H3. The molecule has 0 atom stereocenters. The second-order valence-corrected chi connectivity index (χ2v) is 14.5. The second-order valence-electron chi connectivity index (χ2n) is 14.5. The van der Waals surface area contributed by atoms with Crippen molar-refractivity contribution in [1.82, 2.24) is 15.0 Å². The van der Waals surface area contributed by atoms with Gasteiger partial charge in [0, 0.05) is 22.1 Å². The van der Waals surface area contributed by atoms with Gasteiger partial charge in [-0.2, -0.15) is 0 Å². The molecule has 3 heteroatoms. The lowest BCUT2D eigenvalue weighted by Crippen LogP contribution is -2.14. The third kappa shape index (κ3) is 5.32. The van der Waals surface area contributed by atoms with Crippen molar-refractivity contribution in [2.75, 3.05) is 0 Å². The first-order chi connectivity index (χ1) is 26.0. The first kappa shape index (κ1) is 31.1. The van der Waals surface area contributed by atoms with Crippen molar-refractivity contribution in [3.8, 4) is 67.5 Å². The summed E-state index contributed by atoms with van der Waals surface area (Å²) in [5.74, 6) is 1.93. The maximum absolute atomic E-state index is 5.15. The van der Waals surface area contributed by atoms with Gasteiger partial charge in [-0.3, -0.25) is 0 Å². The van der Waals surface area contributed by atoms with Crippen molar-refractivity contribution in [3.05, 3.63) is 187 Å². The molecule has 1 aliphatic carbocycles. The molecular formula is C50H35N3. The molecule has 0 spiro atoms. The molecule has 0 N–H and O–H groups in total. The summed E-state index contributed by atoms with van der Waals surface area (Å²) in [5.41, 5.74) is 12.8. The molecule has 0 aliphatic heterocycles. The van der Waals surface area contributed by atoms with Crippen LogP contribution in [0.5, 0.6) is 0 Å². The highest BCUT2D eigenvalue weighted by atomic mass is 15.0. The molecule has 250 valence electrons. The van der Waals surface area contributed by atoms with Crippen molar-refractivity contribution >= 4 is 21.5 Å². The van der Waals surface area contributed by atoms with Crippen molar-refractivity contribution in [2.45, 2.75) is 19.3 Å². The second kappa shape index (κ2) is 12.2. The monoisotopic (exact) mass is 677 g/mol. The molecule has 0 radical (unpaired) electrons. The molecule has 8 aromatic carbocycles. The Morgan fingerprint density at radius 3 is 1.42 bits per heavy atom. The van der Waals surface area contributed by atoms with E-state index in [2.05, 4.69) is 178 Å². The van der Waals surface area contributed by atoms with E-state index in [9.17, 15) is 0 Å². The van der Waals surface area contributed by atoms with Crippen molar-refractivity contribution in [2.24, 2.45) is 0 Å². The highest BCUT2D eigenvalue weighted by Crippen LogP contribution is 2.50. The van der Waals surface area contributed by atoms with Gasteiger partial charge in [0.05, 0.1) is 0 Å². The fourth-order valence-corrected chi connectivity index (χ4v) is 8.10. The van der Waals surface area contributed by atoms with Crippen molar-refractivity contribution in [1.29, 1.82) is 0 Å². The molecule has 1 aromatic heterocycles. The van der Waals surface area contributed by atoms with Crippen LogP contribution in [0, 0.1) is 0 Å². The molecule has 3 nitrogen and oxygen atoms in total. The zero-order chi connectivity index (χ0) is 35.5. The Morgan fingerprint density at radius 1 is 0.321 bits per heavy atom. The van der Waals surface area contributed by atoms with Gasteiger partial charge in [0.1, 0.15) is 0 Å². The Morgan fingerprint density at radius 2 is 0.811 bits per heavy atom. The normalized spacial score (nSPS) is 12.9. The average Bonchev–Trinajstić information content (AvgIpc) is 3.45. The Labute approximate surface area is 309 Å². The predicted molar refractivity (Wildman–Crippen MR) is 220 cm³/mol. The lowest BCUT2D eigenvalue weighted by molar-refractivity contribution is 0.661. The van der Waals surface area contributed by atoms with Crippen LogP contribution in [0.1, 0.15) is 25.0 Å². The molecule has 0 amide bonds. The third-order valence-corrected chi connectivity index (χ3v) is 10.9. The lowest BCUT2D eigenvalue weighted by Gasteiger charge is -2.21. The zero-order valence-electron chi connectivity index (χ0n) is 29.6. The molecule has 1 aliphatic rings. The third-order valence-electron chi connectivity index (χ3n) is 10.9. The largest absolute Gasteiger partial charge is 0.208 e. The van der Waals surface area contributed by atoms with E-state index >= 15 is 0 Å². The first-order valence-electron chi connectivity index (χ1n) is 18.2. The van der Waals surface area contributed by atoms with Crippen LogP contribution in [-0.2, 0) is 5.41 Å². The summed E-state index contributed by atoms with van der Waals surface area (Å²) in [4.78, 5) is 15.4. The summed E-state index contributed by atoms with van der Waals surface area (Å²) in [6.07, 6.45) is 0. The molecular weight excluding hydrogens is 643 g/mol. The Balaban J connectivity index is 1.13. The molecule has 0 fully saturated rings. The minimum absolute atomic E-state index is 0.0335. The number of hydrogen-bond acceptors (Lipinski definition) is 3. The highest BCUT2D eigenvalue weighted by Gasteiger charge is 2.35. The van der Waals surface area contributed by atoms with Gasteiger partial charge in [0.2, 0.25) is 0 Å². The molecule has 53 heavy (non-hydrogen) atoms. The maximum atomic E-state index is 5.15. The Bertz CT molecular complexity index is 2750. The van der Waals surface area contributed by atoms with Gasteiger partial charge in [-0.05, 0) is 96.4 Å². The minimum atomic E-state index is -0.0335. The van der Waals surface area contributed by atoms with Crippen LogP contribution < -0.4 is 0 Å². The van der Waals surface area contributed by atoms with Gasteiger partial charge in [0.25, 0.3) is 0 Å². The van der Waals surface area contributed by atoms with Gasteiger partial charge in [-0.15, -0.1) is 0 Å². The van der Waals surface area contributed by atoms with Crippen LogP contribution in [0.2, 0.25) is 0 Å². The van der Waals surface area contributed by atoms with E-state index in [0.29, 0.717) is 17.5 Å². The number of fused-ring (bicyclic) bond motifs is 6. The quantitative estimate of drug-likeness (QED) is 0.170. The molecule has 1 heterocycles. The smallest absolute Gasteiger partial charge is 0.164 e. The fraction of sp³-hybridized carbons (Fsp3) is 0.0600. The van der Waals surface area contributed by atoms with E-state index in [0.717, 1.165) is 44.3 Å². The topological polar surface area (TPSA) is 38.7 Å². The Hall–Kier alpha value is -6.71. The lowest BCUT2D eigenvalue weighted by atomic mass is 9.81. The van der Waals surface area contributed by atoms with E-state index in [1.807, 2.05) is 12.1 Å². The average molecular weight is 678 g/mol. The zero-order valence-corrected chi connectivity index (χ0v) is 29.6. The van der Waals surface area contributed by atoms with E-state index in [1.165, 1.54) is 38.4 Å². The van der Waals surface area contributed by atoms with Crippen molar-refractivity contribution in [3.63, 3.8) is 0 Å². The number of rotatable bonds is 5. The van der Waals surface area contributed by atoms with Crippen LogP contribution in [0.15, 0.2) is 176 Å². The number of nitrogens with zero attached hydrogens (tertiary/aromatic N) is 3. The van der Waals surface area contributed by atoms with Crippen LogP contribution in [-0.4, -0.2) is 15.0 Å². The predicted octanol–water partition coefficient (Wildman–Crippen LogP) is 12.8. The minimum Gasteiger partial charge on any atom is -0.208 e. The van der Waals surface area contributed by atoms with E-state index in [4.69, 9.17) is 15.0 Å². The summed E-state index contributed by atoms with van der Waals surface area (Å²) in [6, 6.07) is 62.6. The maximum Gasteiger partial charge on any atom is 0.164 e. The molecule has 0 saturated heterocycles. The fourth-order valence-electron chi connectivity index (χ4n) is 8.10. The van der Waals surface area contributed by atoms with E-state index < -0.39 is 0 Å². The van der Waals surface area contributed by atoms with Gasteiger partial charge in [-0.25, -0.2) is 15.0 Å². The Kier molecular flexibility index (Phi) is 7.16. The summed E-state index contributed by atoms with van der Waals surface area (Å²) in [6.45, 7) is 4.67. The molecule has 0 bridgehead atoms.